The van der Waals surface area contributed by atoms with Crippen molar-refractivity contribution in [2.75, 3.05) is 46.3 Å². The Morgan fingerprint density at radius 1 is 1.15 bits per heavy atom. The van der Waals surface area contributed by atoms with Crippen LogP contribution in [0.4, 0.5) is 0 Å². The van der Waals surface area contributed by atoms with E-state index in [0.717, 1.165) is 19.5 Å². The van der Waals surface area contributed by atoms with E-state index in [1.54, 1.807) is 12.1 Å². The fourth-order valence-corrected chi connectivity index (χ4v) is 2.60. The summed E-state index contributed by atoms with van der Waals surface area (Å²) in [6, 6.07) is 7.97. The highest BCUT2D eigenvalue weighted by Gasteiger charge is 2.13. The Morgan fingerprint density at radius 3 is 2.45 bits per heavy atom. The predicted molar refractivity (Wildman–Crippen MR) is 83.2 cm³/mol. The maximum absolute atomic E-state index is 9.27. The number of hydrogen-bond acceptors (Lipinski definition) is 4. The van der Waals surface area contributed by atoms with Gasteiger partial charge in [0.2, 0.25) is 0 Å². The number of hydrogen-bond donors (Lipinski definition) is 2. The van der Waals surface area contributed by atoms with E-state index in [4.69, 9.17) is 0 Å². The number of phenols is 1. The summed E-state index contributed by atoms with van der Waals surface area (Å²) < 4.78 is 0. The lowest BCUT2D eigenvalue weighted by atomic mass is 10.1. The van der Waals surface area contributed by atoms with E-state index < -0.39 is 0 Å². The lowest BCUT2D eigenvalue weighted by molar-refractivity contribution is 0.154. The van der Waals surface area contributed by atoms with Crippen LogP contribution in [0, 0.1) is 0 Å². The molecule has 1 saturated heterocycles. The smallest absolute Gasteiger partial charge is 0.115 e. The fourth-order valence-electron chi connectivity index (χ4n) is 2.60. The highest BCUT2D eigenvalue weighted by Crippen LogP contribution is 2.11. The Kier molecular flexibility index (Phi) is 5.83. The summed E-state index contributed by atoms with van der Waals surface area (Å²) in [5.74, 6) is 0.337. The van der Waals surface area contributed by atoms with Gasteiger partial charge in [-0.2, -0.15) is 0 Å². The molecule has 20 heavy (non-hydrogen) atoms. The summed E-state index contributed by atoms with van der Waals surface area (Å²) in [5.41, 5.74) is 1.27. The average molecular weight is 277 g/mol. The van der Waals surface area contributed by atoms with E-state index >= 15 is 0 Å². The lowest BCUT2D eigenvalue weighted by Gasteiger charge is -2.32. The third kappa shape index (κ3) is 5.12. The first-order valence-corrected chi connectivity index (χ1v) is 7.55. The second-order valence-corrected chi connectivity index (χ2v) is 5.87. The third-order valence-electron chi connectivity index (χ3n) is 3.99. The molecule has 1 aliphatic heterocycles. The van der Waals surface area contributed by atoms with Gasteiger partial charge < -0.3 is 15.3 Å². The Morgan fingerprint density at radius 2 is 1.80 bits per heavy atom. The van der Waals surface area contributed by atoms with Gasteiger partial charge in [-0.3, -0.25) is 4.90 Å². The monoisotopic (exact) mass is 277 g/mol. The van der Waals surface area contributed by atoms with Gasteiger partial charge in [-0.05, 0) is 38.1 Å². The number of aromatic hydroxyl groups is 1. The van der Waals surface area contributed by atoms with Crippen LogP contribution in [-0.4, -0.2) is 67.3 Å². The van der Waals surface area contributed by atoms with E-state index in [0.29, 0.717) is 11.8 Å². The molecule has 1 aromatic rings. The Balaban J connectivity index is 1.62. The fraction of sp³-hybridized carbons (Fsp3) is 0.625. The SMILES string of the molecule is CC(Cc1ccc(O)cc1)NCCN1CCN(C)CC1. The van der Waals surface area contributed by atoms with Crippen LogP contribution in [0.3, 0.4) is 0 Å². The molecule has 0 aromatic heterocycles. The summed E-state index contributed by atoms with van der Waals surface area (Å²) in [7, 11) is 2.19. The molecule has 1 aliphatic rings. The largest absolute Gasteiger partial charge is 0.508 e. The van der Waals surface area contributed by atoms with Crippen molar-refractivity contribution < 1.29 is 5.11 Å². The van der Waals surface area contributed by atoms with E-state index in [9.17, 15) is 5.11 Å². The van der Waals surface area contributed by atoms with Crippen molar-refractivity contribution in [2.24, 2.45) is 0 Å². The quantitative estimate of drug-likeness (QED) is 0.818. The minimum atomic E-state index is 0.337. The minimum absolute atomic E-state index is 0.337. The summed E-state index contributed by atoms with van der Waals surface area (Å²) in [5, 5.41) is 12.9. The molecule has 0 amide bonds. The average Bonchev–Trinajstić information content (AvgIpc) is 2.44. The molecule has 1 aromatic carbocycles. The lowest BCUT2D eigenvalue weighted by Crippen LogP contribution is -2.47. The van der Waals surface area contributed by atoms with E-state index in [1.165, 1.54) is 31.7 Å². The van der Waals surface area contributed by atoms with Crippen molar-refractivity contribution in [1.82, 2.24) is 15.1 Å². The van der Waals surface area contributed by atoms with Crippen LogP contribution < -0.4 is 5.32 Å². The first-order chi connectivity index (χ1) is 9.63. The Labute approximate surface area is 122 Å². The zero-order chi connectivity index (χ0) is 14.4. The molecule has 4 heteroatoms. The van der Waals surface area contributed by atoms with Gasteiger partial charge in [-0.25, -0.2) is 0 Å². The molecule has 0 spiro atoms. The van der Waals surface area contributed by atoms with Crippen molar-refractivity contribution in [1.29, 1.82) is 0 Å². The number of nitrogens with one attached hydrogen (secondary N) is 1. The Hall–Kier alpha value is -1.10. The van der Waals surface area contributed by atoms with Crippen molar-refractivity contribution in [3.05, 3.63) is 29.8 Å². The van der Waals surface area contributed by atoms with Crippen molar-refractivity contribution in [2.45, 2.75) is 19.4 Å². The van der Waals surface area contributed by atoms with E-state index in [2.05, 4.69) is 29.1 Å². The highest BCUT2D eigenvalue weighted by atomic mass is 16.3. The molecular formula is C16H27N3O. The maximum atomic E-state index is 9.27. The van der Waals surface area contributed by atoms with Crippen LogP contribution in [0.1, 0.15) is 12.5 Å². The molecule has 1 heterocycles. The van der Waals surface area contributed by atoms with E-state index in [1.807, 2.05) is 12.1 Å². The number of nitrogens with zero attached hydrogens (tertiary/aromatic N) is 2. The molecule has 0 saturated carbocycles. The summed E-state index contributed by atoms with van der Waals surface area (Å²) in [4.78, 5) is 4.91. The molecule has 4 nitrogen and oxygen atoms in total. The molecule has 2 N–H and O–H groups in total. The predicted octanol–water partition coefficient (Wildman–Crippen LogP) is 1.16. The zero-order valence-corrected chi connectivity index (χ0v) is 12.7. The van der Waals surface area contributed by atoms with Crippen LogP contribution in [0.25, 0.3) is 0 Å². The molecule has 0 aliphatic carbocycles. The number of benzene rings is 1. The second-order valence-electron chi connectivity index (χ2n) is 5.87. The zero-order valence-electron chi connectivity index (χ0n) is 12.7. The molecule has 1 fully saturated rings. The van der Waals surface area contributed by atoms with Gasteiger partial charge in [0.25, 0.3) is 0 Å². The topological polar surface area (TPSA) is 38.7 Å². The number of phenolic OH excluding ortho intramolecular Hbond substituents is 1. The molecule has 2 rings (SSSR count). The standard InChI is InChI=1S/C16H27N3O/c1-14(13-15-3-5-16(20)6-4-15)17-7-8-19-11-9-18(2)10-12-19/h3-6,14,17,20H,7-13H2,1-2H3. The number of piperazine rings is 1. The molecule has 0 bridgehead atoms. The van der Waals surface area contributed by atoms with Gasteiger partial charge in [0.05, 0.1) is 0 Å². The van der Waals surface area contributed by atoms with Crippen LogP contribution in [-0.2, 0) is 6.42 Å². The number of rotatable bonds is 6. The molecule has 1 unspecified atom stereocenters. The van der Waals surface area contributed by atoms with Crippen molar-refractivity contribution in [3.8, 4) is 5.75 Å². The molecule has 1 atom stereocenters. The number of likely N-dealkylation sites (N-methyl/N-ethyl adjacent to an activating group) is 1. The first kappa shape index (κ1) is 15.3. The van der Waals surface area contributed by atoms with Crippen molar-refractivity contribution in [3.63, 3.8) is 0 Å². The van der Waals surface area contributed by atoms with Gasteiger partial charge in [0.15, 0.2) is 0 Å². The van der Waals surface area contributed by atoms with Crippen molar-refractivity contribution >= 4 is 0 Å². The Bertz CT molecular complexity index is 385. The van der Waals surface area contributed by atoms with Gasteiger partial charge in [0, 0.05) is 45.3 Å². The highest BCUT2D eigenvalue weighted by molar-refractivity contribution is 5.26. The second kappa shape index (κ2) is 7.62. The van der Waals surface area contributed by atoms with Crippen LogP contribution >= 0.6 is 0 Å². The molecule has 0 radical (unpaired) electrons. The summed E-state index contributed by atoms with van der Waals surface area (Å²) in [6.07, 6.45) is 1.00. The van der Waals surface area contributed by atoms with Gasteiger partial charge in [-0.15, -0.1) is 0 Å². The molecular weight excluding hydrogens is 250 g/mol. The minimum Gasteiger partial charge on any atom is -0.508 e. The normalized spacial score (nSPS) is 19.1. The molecule has 112 valence electrons. The van der Waals surface area contributed by atoms with Gasteiger partial charge in [0.1, 0.15) is 5.75 Å². The first-order valence-electron chi connectivity index (χ1n) is 7.55. The van der Waals surface area contributed by atoms with Crippen LogP contribution in [0.5, 0.6) is 5.75 Å². The van der Waals surface area contributed by atoms with E-state index in [-0.39, 0.29) is 0 Å². The van der Waals surface area contributed by atoms with Gasteiger partial charge >= 0.3 is 0 Å². The maximum Gasteiger partial charge on any atom is 0.115 e. The van der Waals surface area contributed by atoms with Gasteiger partial charge in [-0.1, -0.05) is 12.1 Å². The van der Waals surface area contributed by atoms with Crippen LogP contribution in [0.15, 0.2) is 24.3 Å². The summed E-state index contributed by atoms with van der Waals surface area (Å²) in [6.45, 7) is 9.13. The summed E-state index contributed by atoms with van der Waals surface area (Å²) >= 11 is 0. The third-order valence-corrected chi connectivity index (χ3v) is 3.99. The van der Waals surface area contributed by atoms with Crippen LogP contribution in [0.2, 0.25) is 0 Å².